The fourth-order valence-electron chi connectivity index (χ4n) is 1.95. The second kappa shape index (κ2) is 4.83. The fraction of sp³-hybridized carbons (Fsp3) is 0.545. The van der Waals surface area contributed by atoms with Crippen LogP contribution in [-0.4, -0.2) is 42.0 Å². The first-order chi connectivity index (χ1) is 8.13. The molecule has 17 heavy (non-hydrogen) atoms. The summed E-state index contributed by atoms with van der Waals surface area (Å²) < 4.78 is 4.69. The highest BCUT2D eigenvalue weighted by molar-refractivity contribution is 7.11. The number of hydrogen-bond donors (Lipinski definition) is 0. The van der Waals surface area contributed by atoms with Crippen LogP contribution in [0.2, 0.25) is 0 Å². The van der Waals surface area contributed by atoms with E-state index >= 15 is 0 Å². The van der Waals surface area contributed by atoms with E-state index in [0.29, 0.717) is 24.4 Å². The van der Waals surface area contributed by atoms with Crippen LogP contribution >= 0.6 is 11.3 Å². The Labute approximate surface area is 103 Å². The SMILES string of the molecule is COC(=O)C1CCN(C(=O)c2scnc2C)C1. The number of hydrogen-bond acceptors (Lipinski definition) is 5. The Morgan fingerprint density at radius 1 is 1.59 bits per heavy atom. The van der Waals surface area contributed by atoms with Crippen molar-refractivity contribution in [1.29, 1.82) is 0 Å². The molecule has 2 heterocycles. The molecule has 0 aromatic carbocycles. The van der Waals surface area contributed by atoms with Crippen LogP contribution in [-0.2, 0) is 9.53 Å². The van der Waals surface area contributed by atoms with Gasteiger partial charge in [-0.1, -0.05) is 0 Å². The molecular weight excluding hydrogens is 240 g/mol. The highest BCUT2D eigenvalue weighted by atomic mass is 32.1. The van der Waals surface area contributed by atoms with Crippen LogP contribution in [0, 0.1) is 12.8 Å². The number of carbonyl (C=O) groups excluding carboxylic acids is 2. The van der Waals surface area contributed by atoms with Gasteiger partial charge < -0.3 is 9.64 Å². The minimum atomic E-state index is -0.235. The van der Waals surface area contributed by atoms with Gasteiger partial charge >= 0.3 is 5.97 Å². The Bertz CT molecular complexity index is 444. The lowest BCUT2D eigenvalue weighted by Gasteiger charge is -2.15. The number of esters is 1. The summed E-state index contributed by atoms with van der Waals surface area (Å²) in [6, 6.07) is 0. The molecule has 0 radical (unpaired) electrons. The summed E-state index contributed by atoms with van der Waals surface area (Å²) in [5.41, 5.74) is 2.41. The molecule has 1 aromatic rings. The van der Waals surface area contributed by atoms with Crippen molar-refractivity contribution < 1.29 is 14.3 Å². The monoisotopic (exact) mass is 254 g/mol. The first kappa shape index (κ1) is 12.0. The minimum Gasteiger partial charge on any atom is -0.469 e. The van der Waals surface area contributed by atoms with Crippen LogP contribution in [0.1, 0.15) is 21.8 Å². The number of ether oxygens (including phenoxy) is 1. The Balaban J connectivity index is 2.04. The number of thiazole rings is 1. The van der Waals surface area contributed by atoms with Crippen LogP contribution in [0.25, 0.3) is 0 Å². The normalized spacial score (nSPS) is 19.4. The van der Waals surface area contributed by atoms with Crippen LogP contribution in [0.15, 0.2) is 5.51 Å². The summed E-state index contributed by atoms with van der Waals surface area (Å²) in [5.74, 6) is -0.449. The van der Waals surface area contributed by atoms with Crippen LogP contribution < -0.4 is 0 Å². The smallest absolute Gasteiger partial charge is 0.310 e. The predicted octanol–water partition coefficient (Wildman–Crippen LogP) is 1.09. The lowest BCUT2D eigenvalue weighted by Crippen LogP contribution is -2.30. The number of likely N-dealkylation sites (tertiary alicyclic amines) is 1. The molecule has 0 aliphatic carbocycles. The molecule has 0 spiro atoms. The molecule has 0 N–H and O–H groups in total. The molecule has 6 heteroatoms. The second-order valence-corrected chi connectivity index (χ2v) is 4.88. The Hall–Kier alpha value is -1.43. The summed E-state index contributed by atoms with van der Waals surface area (Å²) in [5, 5.41) is 0. The van der Waals surface area contributed by atoms with E-state index < -0.39 is 0 Å². The van der Waals surface area contributed by atoms with Crippen molar-refractivity contribution in [3.05, 3.63) is 16.1 Å². The highest BCUT2D eigenvalue weighted by Gasteiger charge is 2.33. The van der Waals surface area contributed by atoms with Gasteiger partial charge in [0.25, 0.3) is 5.91 Å². The minimum absolute atomic E-state index is 0.0311. The standard InChI is InChI=1S/C11H14N2O3S/c1-7-9(17-6-12-7)10(14)13-4-3-8(5-13)11(15)16-2/h6,8H,3-5H2,1-2H3. The number of amides is 1. The van der Waals surface area contributed by atoms with E-state index in [1.807, 2.05) is 6.92 Å². The van der Waals surface area contributed by atoms with Gasteiger partial charge in [-0.05, 0) is 13.3 Å². The fourth-order valence-corrected chi connectivity index (χ4v) is 2.72. The molecule has 0 bridgehead atoms. The van der Waals surface area contributed by atoms with Gasteiger partial charge in [-0.25, -0.2) is 4.98 Å². The maximum absolute atomic E-state index is 12.1. The summed E-state index contributed by atoms with van der Waals surface area (Å²) in [6.45, 7) is 2.87. The molecule has 1 atom stereocenters. The van der Waals surface area contributed by atoms with E-state index in [1.165, 1.54) is 18.4 Å². The molecule has 1 aliphatic heterocycles. The zero-order valence-electron chi connectivity index (χ0n) is 9.80. The number of methoxy groups -OCH3 is 1. The first-order valence-electron chi connectivity index (χ1n) is 5.40. The lowest BCUT2D eigenvalue weighted by molar-refractivity contribution is -0.144. The summed E-state index contributed by atoms with van der Waals surface area (Å²) in [4.78, 5) is 29.9. The van der Waals surface area contributed by atoms with E-state index in [4.69, 9.17) is 0 Å². The van der Waals surface area contributed by atoms with Gasteiger partial charge in [0.2, 0.25) is 0 Å². The molecule has 1 fully saturated rings. The Morgan fingerprint density at radius 3 is 2.94 bits per heavy atom. The molecule has 1 aliphatic rings. The van der Waals surface area contributed by atoms with Gasteiger partial charge in [-0.2, -0.15) is 0 Å². The molecule has 1 aromatic heterocycles. The van der Waals surface area contributed by atoms with Crippen molar-refractivity contribution in [2.75, 3.05) is 20.2 Å². The summed E-state index contributed by atoms with van der Waals surface area (Å²) in [6.07, 6.45) is 0.677. The quantitative estimate of drug-likeness (QED) is 0.741. The molecule has 0 saturated carbocycles. The lowest BCUT2D eigenvalue weighted by atomic mass is 10.1. The molecule has 1 saturated heterocycles. The summed E-state index contributed by atoms with van der Waals surface area (Å²) in [7, 11) is 1.38. The Morgan fingerprint density at radius 2 is 2.35 bits per heavy atom. The number of carbonyl (C=O) groups is 2. The number of aromatic nitrogens is 1. The van der Waals surface area contributed by atoms with Crippen molar-refractivity contribution in [2.45, 2.75) is 13.3 Å². The predicted molar refractivity (Wildman–Crippen MR) is 62.9 cm³/mol. The number of rotatable bonds is 2. The van der Waals surface area contributed by atoms with Gasteiger partial charge in [-0.15, -0.1) is 11.3 Å². The first-order valence-corrected chi connectivity index (χ1v) is 6.28. The molecule has 92 valence electrons. The van der Waals surface area contributed by atoms with Crippen LogP contribution in [0.4, 0.5) is 0 Å². The average Bonchev–Trinajstić information content (AvgIpc) is 2.95. The third-order valence-corrected chi connectivity index (χ3v) is 3.87. The van der Waals surface area contributed by atoms with Crippen molar-refractivity contribution in [3.63, 3.8) is 0 Å². The molecular formula is C11H14N2O3S. The van der Waals surface area contributed by atoms with Gasteiger partial charge in [0.1, 0.15) is 4.88 Å². The number of nitrogens with zero attached hydrogens (tertiary/aromatic N) is 2. The maximum atomic E-state index is 12.1. The van der Waals surface area contributed by atoms with Crippen LogP contribution in [0.3, 0.4) is 0 Å². The van der Waals surface area contributed by atoms with E-state index in [-0.39, 0.29) is 17.8 Å². The summed E-state index contributed by atoms with van der Waals surface area (Å²) >= 11 is 1.34. The van der Waals surface area contributed by atoms with Gasteiger partial charge in [0.05, 0.1) is 24.2 Å². The topological polar surface area (TPSA) is 59.5 Å². The maximum Gasteiger partial charge on any atom is 0.310 e. The van der Waals surface area contributed by atoms with Crippen molar-refractivity contribution >= 4 is 23.2 Å². The van der Waals surface area contributed by atoms with Crippen LogP contribution in [0.5, 0.6) is 0 Å². The van der Waals surface area contributed by atoms with Gasteiger partial charge in [0.15, 0.2) is 0 Å². The van der Waals surface area contributed by atoms with E-state index in [9.17, 15) is 9.59 Å². The third-order valence-electron chi connectivity index (χ3n) is 2.95. The van der Waals surface area contributed by atoms with Gasteiger partial charge in [-0.3, -0.25) is 9.59 Å². The third kappa shape index (κ3) is 2.31. The van der Waals surface area contributed by atoms with E-state index in [1.54, 1.807) is 10.4 Å². The highest BCUT2D eigenvalue weighted by Crippen LogP contribution is 2.22. The van der Waals surface area contributed by atoms with Crippen molar-refractivity contribution in [2.24, 2.45) is 5.92 Å². The second-order valence-electron chi connectivity index (χ2n) is 4.03. The van der Waals surface area contributed by atoms with E-state index in [2.05, 4.69) is 9.72 Å². The zero-order chi connectivity index (χ0) is 12.4. The largest absolute Gasteiger partial charge is 0.469 e. The average molecular weight is 254 g/mol. The molecule has 2 rings (SSSR count). The zero-order valence-corrected chi connectivity index (χ0v) is 10.6. The van der Waals surface area contributed by atoms with Crippen molar-refractivity contribution in [1.82, 2.24) is 9.88 Å². The number of aryl methyl sites for hydroxylation is 1. The van der Waals surface area contributed by atoms with E-state index in [0.717, 1.165) is 5.69 Å². The molecule has 1 unspecified atom stereocenters. The Kier molecular flexibility index (Phi) is 3.42. The van der Waals surface area contributed by atoms with Crippen molar-refractivity contribution in [3.8, 4) is 0 Å². The van der Waals surface area contributed by atoms with Gasteiger partial charge in [0, 0.05) is 13.1 Å². The molecule has 5 nitrogen and oxygen atoms in total. The molecule has 1 amide bonds.